The van der Waals surface area contributed by atoms with Crippen molar-refractivity contribution in [3.8, 4) is 0 Å². The summed E-state index contributed by atoms with van der Waals surface area (Å²) in [5, 5.41) is 0. The van der Waals surface area contributed by atoms with Crippen molar-refractivity contribution in [1.29, 1.82) is 0 Å². The maximum Gasteiger partial charge on any atom is 0.330 e. The van der Waals surface area contributed by atoms with E-state index < -0.39 is 5.97 Å². The minimum absolute atomic E-state index is 0.108. The zero-order valence-electron chi connectivity index (χ0n) is 7.66. The van der Waals surface area contributed by atoms with Crippen LogP contribution in [0.15, 0.2) is 12.2 Å². The normalized spacial score (nSPS) is 16.5. The Hall–Kier alpha value is -1.32. The summed E-state index contributed by atoms with van der Waals surface area (Å²) < 4.78 is 4.37. The van der Waals surface area contributed by atoms with E-state index >= 15 is 0 Å². The summed E-state index contributed by atoms with van der Waals surface area (Å²) in [7, 11) is 1.28. The van der Waals surface area contributed by atoms with Crippen molar-refractivity contribution >= 4 is 11.9 Å². The van der Waals surface area contributed by atoms with Gasteiger partial charge in [-0.3, -0.25) is 4.79 Å². The molecule has 0 saturated carbocycles. The summed E-state index contributed by atoms with van der Waals surface area (Å²) in [4.78, 5) is 23.7. The van der Waals surface area contributed by atoms with Crippen molar-refractivity contribution in [2.75, 3.05) is 20.2 Å². The Morgan fingerprint density at radius 3 is 2.38 bits per heavy atom. The number of ether oxygens (including phenoxy) is 1. The van der Waals surface area contributed by atoms with Crippen LogP contribution in [0.4, 0.5) is 0 Å². The highest BCUT2D eigenvalue weighted by atomic mass is 16.5. The summed E-state index contributed by atoms with van der Waals surface area (Å²) in [5.41, 5.74) is 0. The zero-order chi connectivity index (χ0) is 9.68. The second kappa shape index (κ2) is 4.64. The van der Waals surface area contributed by atoms with Gasteiger partial charge in [0.1, 0.15) is 0 Å². The molecule has 0 aliphatic carbocycles. The van der Waals surface area contributed by atoms with Gasteiger partial charge < -0.3 is 9.64 Å². The number of carbonyl (C=O) groups is 2. The smallest absolute Gasteiger partial charge is 0.330 e. The number of hydrogen-bond donors (Lipinski definition) is 0. The van der Waals surface area contributed by atoms with E-state index in [0.29, 0.717) is 0 Å². The van der Waals surface area contributed by atoms with E-state index in [0.717, 1.165) is 32.0 Å². The fourth-order valence-corrected chi connectivity index (χ4v) is 1.25. The second-order valence-electron chi connectivity index (χ2n) is 2.89. The molecule has 1 rings (SSSR count). The van der Waals surface area contributed by atoms with Crippen molar-refractivity contribution < 1.29 is 14.3 Å². The Kier molecular flexibility index (Phi) is 3.49. The number of amides is 1. The van der Waals surface area contributed by atoms with E-state index in [1.807, 2.05) is 0 Å². The molecule has 0 aromatic rings. The van der Waals surface area contributed by atoms with Crippen molar-refractivity contribution in [1.82, 2.24) is 4.90 Å². The predicted octanol–water partition coefficient (Wildman–Crippen LogP) is 0.338. The minimum atomic E-state index is -0.493. The highest BCUT2D eigenvalue weighted by Gasteiger charge is 2.15. The van der Waals surface area contributed by atoms with E-state index in [-0.39, 0.29) is 5.91 Å². The quantitative estimate of drug-likeness (QED) is 0.458. The molecule has 0 aromatic carbocycles. The van der Waals surface area contributed by atoms with Crippen LogP contribution in [-0.4, -0.2) is 37.0 Å². The molecule has 72 valence electrons. The van der Waals surface area contributed by atoms with Crippen molar-refractivity contribution in [3.63, 3.8) is 0 Å². The lowest BCUT2D eigenvalue weighted by atomic mass is 10.4. The highest BCUT2D eigenvalue weighted by molar-refractivity contribution is 5.94. The molecule has 1 aliphatic rings. The Labute approximate surface area is 77.2 Å². The number of hydrogen-bond acceptors (Lipinski definition) is 3. The van der Waals surface area contributed by atoms with Gasteiger partial charge in [0.15, 0.2) is 0 Å². The van der Waals surface area contributed by atoms with Gasteiger partial charge >= 0.3 is 5.97 Å². The number of methoxy groups -OCH3 is 1. The summed E-state index contributed by atoms with van der Waals surface area (Å²) in [6, 6.07) is 0. The van der Waals surface area contributed by atoms with Crippen LogP contribution in [0.5, 0.6) is 0 Å². The first-order chi connectivity index (χ1) is 6.24. The lowest BCUT2D eigenvalue weighted by molar-refractivity contribution is -0.135. The molecule has 4 nitrogen and oxygen atoms in total. The van der Waals surface area contributed by atoms with E-state index in [9.17, 15) is 9.59 Å². The first-order valence-electron chi connectivity index (χ1n) is 4.29. The summed E-state index contributed by atoms with van der Waals surface area (Å²) in [5.74, 6) is -0.601. The number of likely N-dealkylation sites (tertiary alicyclic amines) is 1. The lowest BCUT2D eigenvalue weighted by Gasteiger charge is -2.11. The van der Waals surface area contributed by atoms with Crippen molar-refractivity contribution in [3.05, 3.63) is 12.2 Å². The molecule has 0 N–H and O–H groups in total. The Morgan fingerprint density at radius 2 is 1.85 bits per heavy atom. The minimum Gasteiger partial charge on any atom is -0.466 e. The van der Waals surface area contributed by atoms with Crippen LogP contribution >= 0.6 is 0 Å². The van der Waals surface area contributed by atoms with E-state index in [1.165, 1.54) is 13.2 Å². The topological polar surface area (TPSA) is 46.6 Å². The molecule has 1 fully saturated rings. The van der Waals surface area contributed by atoms with E-state index in [2.05, 4.69) is 4.74 Å². The molecule has 1 amide bonds. The van der Waals surface area contributed by atoms with Gasteiger partial charge in [-0.1, -0.05) is 0 Å². The van der Waals surface area contributed by atoms with Crippen LogP contribution in [0, 0.1) is 0 Å². The fraction of sp³-hybridized carbons (Fsp3) is 0.556. The molecule has 4 heteroatoms. The summed E-state index contributed by atoms with van der Waals surface area (Å²) >= 11 is 0. The maximum absolute atomic E-state index is 11.3. The van der Waals surface area contributed by atoms with Crippen molar-refractivity contribution in [2.24, 2.45) is 0 Å². The predicted molar refractivity (Wildman–Crippen MR) is 47.0 cm³/mol. The van der Waals surface area contributed by atoms with E-state index in [4.69, 9.17) is 0 Å². The van der Waals surface area contributed by atoms with Gasteiger partial charge in [0.05, 0.1) is 7.11 Å². The van der Waals surface area contributed by atoms with Gasteiger partial charge in [-0.25, -0.2) is 4.79 Å². The number of carbonyl (C=O) groups excluding carboxylic acids is 2. The molecule has 0 spiro atoms. The van der Waals surface area contributed by atoms with Crippen LogP contribution in [0.3, 0.4) is 0 Å². The van der Waals surface area contributed by atoms with Crippen LogP contribution in [0.2, 0.25) is 0 Å². The van der Waals surface area contributed by atoms with Crippen LogP contribution in [0.25, 0.3) is 0 Å². The molecule has 0 atom stereocenters. The van der Waals surface area contributed by atoms with Crippen molar-refractivity contribution in [2.45, 2.75) is 12.8 Å². The van der Waals surface area contributed by atoms with Gasteiger partial charge in [0.2, 0.25) is 5.91 Å². The Bertz CT molecular complexity index is 229. The molecule has 0 radical (unpaired) electrons. The maximum atomic E-state index is 11.3. The number of nitrogens with zero attached hydrogens (tertiary/aromatic N) is 1. The molecular formula is C9H13NO3. The average molecular weight is 183 g/mol. The standard InChI is InChI=1S/C9H13NO3/c1-13-9(12)5-4-8(11)10-6-2-3-7-10/h4-5H,2-3,6-7H2,1H3/b5-4-. The van der Waals surface area contributed by atoms with Gasteiger partial charge in [0, 0.05) is 25.2 Å². The third kappa shape index (κ3) is 2.89. The first-order valence-corrected chi connectivity index (χ1v) is 4.29. The zero-order valence-corrected chi connectivity index (χ0v) is 7.66. The van der Waals surface area contributed by atoms with Crippen LogP contribution in [-0.2, 0) is 14.3 Å². The van der Waals surface area contributed by atoms with Crippen LogP contribution in [0.1, 0.15) is 12.8 Å². The monoisotopic (exact) mass is 183 g/mol. The molecule has 13 heavy (non-hydrogen) atoms. The van der Waals surface area contributed by atoms with Gasteiger partial charge in [-0.2, -0.15) is 0 Å². The summed E-state index contributed by atoms with van der Waals surface area (Å²) in [6.45, 7) is 1.59. The molecule has 0 aromatic heterocycles. The number of esters is 1. The molecule has 0 bridgehead atoms. The highest BCUT2D eigenvalue weighted by Crippen LogP contribution is 2.07. The van der Waals surface area contributed by atoms with Crippen LogP contribution < -0.4 is 0 Å². The Balaban J connectivity index is 2.39. The molecule has 1 aliphatic heterocycles. The molecule has 1 heterocycles. The Morgan fingerprint density at radius 1 is 1.23 bits per heavy atom. The van der Waals surface area contributed by atoms with Gasteiger partial charge in [-0.05, 0) is 12.8 Å². The second-order valence-corrected chi connectivity index (χ2v) is 2.89. The van der Waals surface area contributed by atoms with E-state index in [1.54, 1.807) is 4.90 Å². The average Bonchev–Trinajstić information content (AvgIpc) is 2.66. The number of rotatable bonds is 2. The molecule has 0 unspecified atom stereocenters. The third-order valence-electron chi connectivity index (χ3n) is 1.98. The van der Waals surface area contributed by atoms with Gasteiger partial charge in [0.25, 0.3) is 0 Å². The SMILES string of the molecule is COC(=O)/C=C\C(=O)N1CCCC1. The fourth-order valence-electron chi connectivity index (χ4n) is 1.25. The third-order valence-corrected chi connectivity index (χ3v) is 1.98. The first kappa shape index (κ1) is 9.77. The molecule has 1 saturated heterocycles. The lowest BCUT2D eigenvalue weighted by Crippen LogP contribution is -2.25. The summed E-state index contributed by atoms with van der Waals surface area (Å²) in [6.07, 6.45) is 4.52. The largest absolute Gasteiger partial charge is 0.466 e. The molecular weight excluding hydrogens is 170 g/mol. The van der Waals surface area contributed by atoms with Gasteiger partial charge in [-0.15, -0.1) is 0 Å².